The topological polar surface area (TPSA) is 71.1 Å². The molecule has 1 aromatic carbocycles. The van der Waals surface area contributed by atoms with E-state index < -0.39 is 5.91 Å². The number of anilines is 1. The largest absolute Gasteiger partial charge is 0.352 e. The van der Waals surface area contributed by atoms with Crippen LogP contribution in [0, 0.1) is 5.92 Å². The van der Waals surface area contributed by atoms with Crippen LogP contribution >= 0.6 is 23.2 Å². The summed E-state index contributed by atoms with van der Waals surface area (Å²) >= 11 is 12.0. The minimum atomic E-state index is -0.423. The number of benzene rings is 1. The van der Waals surface area contributed by atoms with Gasteiger partial charge in [0, 0.05) is 18.9 Å². The number of carbonyl (C=O) groups is 2. The number of nitrogens with zero attached hydrogens (tertiary/aromatic N) is 1. The third-order valence-electron chi connectivity index (χ3n) is 3.47. The molecule has 2 aromatic rings. The molecule has 0 radical (unpaired) electrons. The fraction of sp³-hybridized carbons (Fsp3) is 0.278. The molecule has 1 aromatic heterocycles. The molecular formula is C18H19Cl2N3O2. The lowest BCUT2D eigenvalue weighted by Crippen LogP contribution is -2.26. The molecule has 7 heteroatoms. The summed E-state index contributed by atoms with van der Waals surface area (Å²) in [6, 6.07) is 6.44. The van der Waals surface area contributed by atoms with Crippen molar-refractivity contribution in [2.75, 3.05) is 11.9 Å². The van der Waals surface area contributed by atoms with Crippen LogP contribution in [-0.4, -0.2) is 23.3 Å². The Hall–Kier alpha value is -2.11. The average molecular weight is 380 g/mol. The first-order valence-electron chi connectivity index (χ1n) is 7.87. The minimum Gasteiger partial charge on any atom is -0.352 e. The second-order valence-corrected chi connectivity index (χ2v) is 6.74. The van der Waals surface area contributed by atoms with Gasteiger partial charge in [-0.1, -0.05) is 43.1 Å². The molecule has 2 amide bonds. The Bertz CT molecular complexity index is 779. The lowest BCUT2D eigenvalue weighted by molar-refractivity contribution is 0.0951. The summed E-state index contributed by atoms with van der Waals surface area (Å²) in [6.07, 6.45) is 3.69. The molecule has 2 N–H and O–H groups in total. The third-order valence-corrected chi connectivity index (χ3v) is 4.29. The van der Waals surface area contributed by atoms with Gasteiger partial charge in [0.1, 0.15) is 0 Å². The molecule has 0 spiro atoms. The van der Waals surface area contributed by atoms with Gasteiger partial charge in [-0.2, -0.15) is 0 Å². The van der Waals surface area contributed by atoms with Gasteiger partial charge in [-0.05, 0) is 30.5 Å². The summed E-state index contributed by atoms with van der Waals surface area (Å²) in [7, 11) is 0. The van der Waals surface area contributed by atoms with E-state index >= 15 is 0 Å². The Morgan fingerprint density at radius 1 is 1.12 bits per heavy atom. The van der Waals surface area contributed by atoms with Crippen LogP contribution in [0.2, 0.25) is 10.0 Å². The van der Waals surface area contributed by atoms with Crippen LogP contribution in [0.5, 0.6) is 0 Å². The monoisotopic (exact) mass is 379 g/mol. The van der Waals surface area contributed by atoms with Crippen molar-refractivity contribution in [3.8, 4) is 0 Å². The fourth-order valence-corrected chi connectivity index (χ4v) is 2.41. The van der Waals surface area contributed by atoms with Gasteiger partial charge in [0.2, 0.25) is 0 Å². The first kappa shape index (κ1) is 19.2. The third kappa shape index (κ3) is 5.44. The summed E-state index contributed by atoms with van der Waals surface area (Å²) < 4.78 is 0. The predicted molar refractivity (Wildman–Crippen MR) is 100 cm³/mol. The van der Waals surface area contributed by atoms with Crippen molar-refractivity contribution in [3.05, 3.63) is 57.8 Å². The molecule has 0 aliphatic rings. The van der Waals surface area contributed by atoms with Crippen molar-refractivity contribution in [1.82, 2.24) is 10.3 Å². The van der Waals surface area contributed by atoms with Crippen LogP contribution in [0.4, 0.5) is 5.69 Å². The molecule has 0 aliphatic carbocycles. The van der Waals surface area contributed by atoms with E-state index in [1.807, 2.05) is 0 Å². The lowest BCUT2D eigenvalue weighted by atomic mass is 10.1. The highest BCUT2D eigenvalue weighted by Gasteiger charge is 2.13. The Kier molecular flexibility index (Phi) is 6.79. The van der Waals surface area contributed by atoms with Crippen LogP contribution in [0.25, 0.3) is 0 Å². The van der Waals surface area contributed by atoms with Crippen LogP contribution in [0.15, 0.2) is 36.7 Å². The van der Waals surface area contributed by atoms with E-state index in [1.165, 1.54) is 18.5 Å². The number of aromatic nitrogens is 1. The van der Waals surface area contributed by atoms with Crippen LogP contribution < -0.4 is 10.6 Å². The van der Waals surface area contributed by atoms with Gasteiger partial charge in [0.05, 0.1) is 26.9 Å². The summed E-state index contributed by atoms with van der Waals surface area (Å²) in [6.45, 7) is 4.74. The molecular weight excluding hydrogens is 361 g/mol. The molecule has 0 saturated heterocycles. The van der Waals surface area contributed by atoms with Crippen molar-refractivity contribution in [2.24, 2.45) is 5.92 Å². The van der Waals surface area contributed by atoms with Crippen molar-refractivity contribution >= 4 is 40.7 Å². The molecule has 132 valence electrons. The average Bonchev–Trinajstić information content (AvgIpc) is 2.58. The van der Waals surface area contributed by atoms with Crippen molar-refractivity contribution in [2.45, 2.75) is 20.3 Å². The molecule has 0 saturated carbocycles. The van der Waals surface area contributed by atoms with Crippen molar-refractivity contribution in [1.29, 1.82) is 0 Å². The maximum atomic E-state index is 12.4. The van der Waals surface area contributed by atoms with Gasteiger partial charge in [0.15, 0.2) is 0 Å². The number of hydrogen-bond acceptors (Lipinski definition) is 3. The van der Waals surface area contributed by atoms with Gasteiger partial charge in [0.25, 0.3) is 11.8 Å². The van der Waals surface area contributed by atoms with E-state index in [9.17, 15) is 9.59 Å². The first-order chi connectivity index (χ1) is 11.9. The van der Waals surface area contributed by atoms with E-state index in [2.05, 4.69) is 29.5 Å². The van der Waals surface area contributed by atoms with Crippen LogP contribution in [0.3, 0.4) is 0 Å². The minimum absolute atomic E-state index is 0.257. The Labute approximate surface area is 156 Å². The molecule has 0 fully saturated rings. The van der Waals surface area contributed by atoms with E-state index in [0.29, 0.717) is 28.7 Å². The van der Waals surface area contributed by atoms with Crippen molar-refractivity contribution in [3.63, 3.8) is 0 Å². The summed E-state index contributed by atoms with van der Waals surface area (Å²) in [5.74, 6) is -0.185. The lowest BCUT2D eigenvalue weighted by Gasteiger charge is -2.10. The van der Waals surface area contributed by atoms with E-state index in [1.54, 1.807) is 18.2 Å². The maximum absolute atomic E-state index is 12.4. The van der Waals surface area contributed by atoms with Crippen LogP contribution in [0.1, 0.15) is 41.0 Å². The highest BCUT2D eigenvalue weighted by Crippen LogP contribution is 2.29. The Balaban J connectivity index is 2.08. The fourth-order valence-electron chi connectivity index (χ4n) is 2.06. The standard InChI is InChI=1S/C18H19Cl2N3O2/c1-11(2)6-7-22-17(24)12-8-13(10-21-9-12)18(25)23-15-5-3-4-14(19)16(15)20/h3-5,8-11H,6-7H2,1-2H3,(H,22,24)(H,23,25). The Morgan fingerprint density at radius 3 is 2.48 bits per heavy atom. The number of rotatable bonds is 6. The van der Waals surface area contributed by atoms with E-state index in [4.69, 9.17) is 23.2 Å². The second-order valence-electron chi connectivity index (χ2n) is 5.96. The molecule has 1 heterocycles. The SMILES string of the molecule is CC(C)CCNC(=O)c1cncc(C(=O)Nc2cccc(Cl)c2Cl)c1. The highest BCUT2D eigenvalue weighted by atomic mass is 35.5. The number of hydrogen-bond donors (Lipinski definition) is 2. The van der Waals surface area contributed by atoms with E-state index in [-0.39, 0.29) is 16.5 Å². The maximum Gasteiger partial charge on any atom is 0.257 e. The van der Waals surface area contributed by atoms with Gasteiger partial charge in [-0.15, -0.1) is 0 Å². The smallest absolute Gasteiger partial charge is 0.257 e. The molecule has 0 atom stereocenters. The zero-order chi connectivity index (χ0) is 18.4. The number of pyridine rings is 1. The van der Waals surface area contributed by atoms with Crippen LogP contribution in [-0.2, 0) is 0 Å². The molecule has 5 nitrogen and oxygen atoms in total. The summed E-state index contributed by atoms with van der Waals surface area (Å²) in [5, 5.41) is 6.08. The second kappa shape index (κ2) is 8.83. The van der Waals surface area contributed by atoms with Gasteiger partial charge >= 0.3 is 0 Å². The van der Waals surface area contributed by atoms with Gasteiger partial charge in [-0.25, -0.2) is 0 Å². The Morgan fingerprint density at radius 2 is 1.80 bits per heavy atom. The molecule has 2 rings (SSSR count). The normalized spacial score (nSPS) is 10.6. The first-order valence-corrected chi connectivity index (χ1v) is 8.62. The number of carbonyl (C=O) groups excluding carboxylic acids is 2. The zero-order valence-corrected chi connectivity index (χ0v) is 15.5. The quantitative estimate of drug-likeness (QED) is 0.780. The molecule has 0 aliphatic heterocycles. The number of nitrogens with one attached hydrogen (secondary N) is 2. The molecule has 0 unspecified atom stereocenters. The molecule has 0 bridgehead atoms. The highest BCUT2D eigenvalue weighted by molar-refractivity contribution is 6.44. The molecule has 25 heavy (non-hydrogen) atoms. The summed E-state index contributed by atoms with van der Waals surface area (Å²) in [5.41, 5.74) is 0.979. The van der Waals surface area contributed by atoms with Crippen molar-refractivity contribution < 1.29 is 9.59 Å². The number of amides is 2. The number of halogens is 2. The van der Waals surface area contributed by atoms with E-state index in [0.717, 1.165) is 6.42 Å². The predicted octanol–water partition coefficient (Wildman–Crippen LogP) is 4.42. The zero-order valence-electron chi connectivity index (χ0n) is 14.0. The summed E-state index contributed by atoms with van der Waals surface area (Å²) in [4.78, 5) is 28.5. The van der Waals surface area contributed by atoms with Gasteiger partial charge < -0.3 is 10.6 Å². The van der Waals surface area contributed by atoms with Gasteiger partial charge in [-0.3, -0.25) is 14.6 Å².